The van der Waals surface area contributed by atoms with Gasteiger partial charge in [0, 0.05) is 31.3 Å². The van der Waals surface area contributed by atoms with Gasteiger partial charge in [-0.3, -0.25) is 24.5 Å². The van der Waals surface area contributed by atoms with Crippen molar-refractivity contribution in [1.82, 2.24) is 15.5 Å². The third kappa shape index (κ3) is 11.5. The quantitative estimate of drug-likeness (QED) is 0.0901. The van der Waals surface area contributed by atoms with E-state index >= 15 is 0 Å². The van der Waals surface area contributed by atoms with Crippen molar-refractivity contribution in [1.29, 1.82) is 0 Å². The Morgan fingerprint density at radius 1 is 0.939 bits per heavy atom. The minimum Gasteiger partial charge on any atom is -0.480 e. The molecule has 6 N–H and O–H groups in total. The molecule has 1 aliphatic heterocycles. The molecule has 0 fully saturated rings. The summed E-state index contributed by atoms with van der Waals surface area (Å²) in [6.45, 7) is 8.77. The zero-order valence-electron chi connectivity index (χ0n) is 28.0. The van der Waals surface area contributed by atoms with Crippen molar-refractivity contribution >= 4 is 41.0 Å². The van der Waals surface area contributed by atoms with Crippen LogP contribution in [0.25, 0.3) is 0 Å². The Labute approximate surface area is 283 Å². The van der Waals surface area contributed by atoms with E-state index in [0.717, 1.165) is 11.8 Å². The lowest BCUT2D eigenvalue weighted by Gasteiger charge is -2.24. The lowest BCUT2D eigenvalue weighted by Crippen LogP contribution is -2.46. The number of benzene rings is 2. The third-order valence-electron chi connectivity index (χ3n) is 7.44. The monoisotopic (exact) mass is 678 g/mol. The molecule has 0 aliphatic carbocycles. The SMILES string of the molecule is CC(=O)N1Cc2cc(N/C(=C\[N+](=O)[O-])Nc3ccc(C)cc3)ccc2C1C(=O)NC(C/C=C/CC(NC(=O)CC(C)(C)C)C(=O)O)C(=O)O. The highest BCUT2D eigenvalue weighted by Gasteiger charge is 2.38. The van der Waals surface area contributed by atoms with E-state index in [1.54, 1.807) is 30.3 Å². The van der Waals surface area contributed by atoms with Crippen molar-refractivity contribution < 1.29 is 39.1 Å². The Morgan fingerprint density at radius 3 is 2.02 bits per heavy atom. The van der Waals surface area contributed by atoms with E-state index in [2.05, 4.69) is 21.3 Å². The first-order chi connectivity index (χ1) is 22.9. The van der Waals surface area contributed by atoms with Crippen molar-refractivity contribution in [2.75, 3.05) is 10.6 Å². The average molecular weight is 679 g/mol. The van der Waals surface area contributed by atoms with Crippen LogP contribution in [-0.4, -0.2) is 61.8 Å². The number of hydrogen-bond donors (Lipinski definition) is 6. The summed E-state index contributed by atoms with van der Waals surface area (Å²) in [5, 5.41) is 41.5. The summed E-state index contributed by atoms with van der Waals surface area (Å²) >= 11 is 0. The predicted octanol–water partition coefficient (Wildman–Crippen LogP) is 3.91. The van der Waals surface area contributed by atoms with Crippen molar-refractivity contribution in [3.05, 3.63) is 93.4 Å². The first kappa shape index (κ1) is 37.7. The lowest BCUT2D eigenvalue weighted by atomic mass is 9.92. The van der Waals surface area contributed by atoms with Gasteiger partial charge in [0.1, 0.15) is 18.1 Å². The van der Waals surface area contributed by atoms with Crippen LogP contribution in [0.15, 0.2) is 66.6 Å². The summed E-state index contributed by atoms with van der Waals surface area (Å²) in [5.74, 6) is -4.10. The number of fused-ring (bicyclic) bond motifs is 1. The number of carboxylic acids is 2. The van der Waals surface area contributed by atoms with E-state index in [9.17, 15) is 44.3 Å². The summed E-state index contributed by atoms with van der Waals surface area (Å²) in [6.07, 6.45) is 3.44. The van der Waals surface area contributed by atoms with Gasteiger partial charge in [-0.2, -0.15) is 0 Å². The van der Waals surface area contributed by atoms with Crippen molar-refractivity contribution in [3.63, 3.8) is 0 Å². The molecule has 2 aromatic carbocycles. The molecular weight excluding hydrogens is 636 g/mol. The number of hydrogen-bond acceptors (Lipinski definition) is 9. The Morgan fingerprint density at radius 2 is 1.49 bits per heavy atom. The number of aliphatic carboxylic acids is 2. The second kappa shape index (κ2) is 16.4. The number of anilines is 2. The first-order valence-corrected chi connectivity index (χ1v) is 15.5. The second-order valence-corrected chi connectivity index (χ2v) is 12.9. The summed E-state index contributed by atoms with van der Waals surface area (Å²) < 4.78 is 0. The standard InChI is InChI=1S/C34H42N6O9/c1-20-10-12-23(13-11-20)35-28(19-40(48)49)36-24-14-15-25-22(16-24)18-39(21(2)41)30(25)31(43)38-27(33(46)47)9-7-6-8-26(32(44)45)37-29(42)17-34(3,4)5/h6-7,10-16,19,26-27,30,35-36H,8-9,17-18H2,1-5H3,(H,37,42)(H,38,43)(H,44,45)(H,46,47)/b7-6+,28-19-. The molecule has 0 bridgehead atoms. The number of carbonyl (C=O) groups is 5. The number of amides is 3. The van der Waals surface area contributed by atoms with E-state index in [-0.39, 0.29) is 37.0 Å². The van der Waals surface area contributed by atoms with E-state index in [4.69, 9.17) is 0 Å². The Hall–Kier alpha value is -5.73. The van der Waals surface area contributed by atoms with Crippen LogP contribution in [-0.2, 0) is 30.5 Å². The number of nitro groups is 1. The fourth-order valence-electron chi connectivity index (χ4n) is 5.14. The van der Waals surface area contributed by atoms with Crippen LogP contribution in [0.5, 0.6) is 0 Å². The van der Waals surface area contributed by atoms with Gasteiger partial charge in [0.2, 0.25) is 17.7 Å². The molecule has 1 heterocycles. The van der Waals surface area contributed by atoms with E-state index in [1.807, 2.05) is 39.8 Å². The highest BCUT2D eigenvalue weighted by Crippen LogP contribution is 2.36. The molecule has 3 amide bonds. The molecule has 0 saturated carbocycles. The molecule has 2 aromatic rings. The molecule has 0 spiro atoms. The van der Waals surface area contributed by atoms with Crippen LogP contribution < -0.4 is 21.3 Å². The zero-order valence-corrected chi connectivity index (χ0v) is 28.0. The van der Waals surface area contributed by atoms with Crippen LogP contribution in [0.2, 0.25) is 0 Å². The van der Waals surface area contributed by atoms with Gasteiger partial charge < -0.3 is 36.4 Å². The molecule has 0 aromatic heterocycles. The Kier molecular flexibility index (Phi) is 12.6. The summed E-state index contributed by atoms with van der Waals surface area (Å²) in [7, 11) is 0. The van der Waals surface area contributed by atoms with Gasteiger partial charge in [-0.15, -0.1) is 0 Å². The van der Waals surface area contributed by atoms with Gasteiger partial charge >= 0.3 is 11.9 Å². The number of nitrogens with one attached hydrogen (secondary N) is 4. The minimum absolute atomic E-state index is 0.0348. The topological polar surface area (TPSA) is 220 Å². The highest BCUT2D eigenvalue weighted by molar-refractivity contribution is 5.92. The second-order valence-electron chi connectivity index (χ2n) is 12.9. The van der Waals surface area contributed by atoms with Crippen molar-refractivity contribution in [2.45, 2.75) is 78.6 Å². The van der Waals surface area contributed by atoms with Crippen LogP contribution in [0.1, 0.15) is 69.7 Å². The number of carbonyl (C=O) groups excluding carboxylic acids is 3. The normalized spacial score (nSPS) is 15.6. The Balaban J connectivity index is 1.73. The lowest BCUT2D eigenvalue weighted by molar-refractivity contribution is -0.403. The number of aryl methyl sites for hydroxylation is 1. The van der Waals surface area contributed by atoms with Gasteiger partial charge in [0.05, 0.1) is 4.92 Å². The maximum absolute atomic E-state index is 13.5. The molecule has 3 atom stereocenters. The summed E-state index contributed by atoms with van der Waals surface area (Å²) in [4.78, 5) is 73.9. The maximum Gasteiger partial charge on any atom is 0.326 e. The van der Waals surface area contributed by atoms with Gasteiger partial charge in [-0.05, 0) is 60.6 Å². The van der Waals surface area contributed by atoms with Gasteiger partial charge in [-0.1, -0.05) is 56.7 Å². The average Bonchev–Trinajstić information content (AvgIpc) is 3.37. The largest absolute Gasteiger partial charge is 0.480 e. The predicted molar refractivity (Wildman–Crippen MR) is 180 cm³/mol. The molecule has 3 rings (SSSR count). The third-order valence-corrected chi connectivity index (χ3v) is 7.44. The molecule has 49 heavy (non-hydrogen) atoms. The number of nitrogens with zero attached hydrogens (tertiary/aromatic N) is 2. The van der Waals surface area contributed by atoms with E-state index in [1.165, 1.54) is 24.0 Å². The molecule has 262 valence electrons. The zero-order chi connectivity index (χ0) is 36.5. The molecule has 0 radical (unpaired) electrons. The van der Waals surface area contributed by atoms with Crippen LogP contribution >= 0.6 is 0 Å². The summed E-state index contributed by atoms with van der Waals surface area (Å²) in [5.41, 5.74) is 2.76. The van der Waals surface area contributed by atoms with Crippen molar-refractivity contribution in [3.8, 4) is 0 Å². The van der Waals surface area contributed by atoms with Crippen molar-refractivity contribution in [2.24, 2.45) is 5.41 Å². The number of rotatable bonds is 15. The van der Waals surface area contributed by atoms with Crippen LogP contribution in [0.3, 0.4) is 0 Å². The molecule has 15 nitrogen and oxygen atoms in total. The van der Waals surface area contributed by atoms with Gasteiger partial charge in [0.15, 0.2) is 5.82 Å². The van der Waals surface area contributed by atoms with Crippen LogP contribution in [0, 0.1) is 22.5 Å². The molecule has 1 aliphatic rings. The first-order valence-electron chi connectivity index (χ1n) is 15.5. The summed E-state index contributed by atoms with van der Waals surface area (Å²) in [6, 6.07) is 8.31. The smallest absolute Gasteiger partial charge is 0.326 e. The van der Waals surface area contributed by atoms with Gasteiger partial charge in [-0.25, -0.2) is 9.59 Å². The molecule has 3 unspecified atom stereocenters. The molecule has 0 saturated heterocycles. The van der Waals surface area contributed by atoms with E-state index < -0.39 is 52.7 Å². The van der Waals surface area contributed by atoms with Crippen LogP contribution in [0.4, 0.5) is 11.4 Å². The molecule has 15 heteroatoms. The fraction of sp³-hybridized carbons (Fsp3) is 0.382. The maximum atomic E-state index is 13.5. The van der Waals surface area contributed by atoms with Gasteiger partial charge in [0.25, 0.3) is 6.20 Å². The Bertz CT molecular complexity index is 1650. The van der Waals surface area contributed by atoms with E-state index in [0.29, 0.717) is 22.5 Å². The highest BCUT2D eigenvalue weighted by atomic mass is 16.6. The number of carboxylic acid groups (broad SMARTS) is 2. The fourth-order valence-corrected chi connectivity index (χ4v) is 5.14. The minimum atomic E-state index is -1.40. The molecular formula is C34H42N6O9.